The maximum atomic E-state index is 5.88. The van der Waals surface area contributed by atoms with Gasteiger partial charge in [0, 0.05) is 21.7 Å². The predicted molar refractivity (Wildman–Crippen MR) is 88.6 cm³/mol. The number of rotatable bonds is 4. The molecule has 0 aliphatic heterocycles. The molecule has 3 aromatic rings. The van der Waals surface area contributed by atoms with E-state index in [0.29, 0.717) is 0 Å². The number of thioether (sulfide) groups is 1. The average Bonchev–Trinajstić information content (AvgIpc) is 2.97. The van der Waals surface area contributed by atoms with Crippen molar-refractivity contribution in [2.24, 2.45) is 0 Å². The molecular weight excluding hydrogens is 306 g/mol. The van der Waals surface area contributed by atoms with Crippen LogP contribution in [0.3, 0.4) is 0 Å². The maximum absolute atomic E-state index is 5.88. The quantitative estimate of drug-likeness (QED) is 0.568. The SMILES string of the molecule is Clc1ccc(CSc2nc(-c3ccccc3)cs2)cc1. The molecule has 0 bridgehead atoms. The largest absolute Gasteiger partial charge is 0.230 e. The number of hydrogen-bond acceptors (Lipinski definition) is 3. The zero-order valence-corrected chi connectivity index (χ0v) is 13.0. The fraction of sp³-hybridized carbons (Fsp3) is 0.0625. The minimum Gasteiger partial charge on any atom is -0.230 e. The minimum atomic E-state index is 0.777. The van der Waals surface area contributed by atoms with Gasteiger partial charge in [0.25, 0.3) is 0 Å². The average molecular weight is 318 g/mol. The molecule has 0 fully saturated rings. The van der Waals surface area contributed by atoms with Crippen molar-refractivity contribution in [2.45, 2.75) is 10.1 Å². The van der Waals surface area contributed by atoms with Crippen LogP contribution >= 0.6 is 34.7 Å². The van der Waals surface area contributed by atoms with Crippen molar-refractivity contribution in [3.63, 3.8) is 0 Å². The van der Waals surface area contributed by atoms with Crippen LogP contribution in [0, 0.1) is 0 Å². The van der Waals surface area contributed by atoms with Crippen molar-refractivity contribution in [1.82, 2.24) is 4.98 Å². The zero-order chi connectivity index (χ0) is 13.8. The second-order valence-electron chi connectivity index (χ2n) is 4.28. The lowest BCUT2D eigenvalue weighted by atomic mass is 10.2. The van der Waals surface area contributed by atoms with Crippen molar-refractivity contribution in [2.75, 3.05) is 0 Å². The number of hydrogen-bond donors (Lipinski definition) is 0. The maximum Gasteiger partial charge on any atom is 0.150 e. The number of benzene rings is 2. The summed E-state index contributed by atoms with van der Waals surface area (Å²) in [6, 6.07) is 18.2. The molecule has 0 amide bonds. The highest BCUT2D eigenvalue weighted by Gasteiger charge is 2.05. The van der Waals surface area contributed by atoms with Crippen LogP contribution in [0.4, 0.5) is 0 Å². The first kappa shape index (κ1) is 13.7. The van der Waals surface area contributed by atoms with Crippen LogP contribution in [-0.2, 0) is 5.75 Å². The summed E-state index contributed by atoms with van der Waals surface area (Å²) in [5, 5.41) is 2.89. The van der Waals surface area contributed by atoms with Crippen LogP contribution in [0.25, 0.3) is 11.3 Å². The summed E-state index contributed by atoms with van der Waals surface area (Å²) in [4.78, 5) is 4.67. The molecule has 0 aliphatic carbocycles. The number of aromatic nitrogens is 1. The van der Waals surface area contributed by atoms with Crippen LogP contribution in [0.2, 0.25) is 5.02 Å². The third-order valence-electron chi connectivity index (χ3n) is 2.83. The van der Waals surface area contributed by atoms with Gasteiger partial charge in [0.2, 0.25) is 0 Å². The molecule has 20 heavy (non-hydrogen) atoms. The topological polar surface area (TPSA) is 12.9 Å². The molecule has 0 atom stereocenters. The molecule has 0 saturated carbocycles. The second-order valence-corrected chi connectivity index (χ2v) is 6.80. The van der Waals surface area contributed by atoms with E-state index >= 15 is 0 Å². The molecule has 1 aromatic heterocycles. The smallest absolute Gasteiger partial charge is 0.150 e. The van der Waals surface area contributed by atoms with E-state index in [2.05, 4.69) is 34.6 Å². The van der Waals surface area contributed by atoms with Crippen LogP contribution in [-0.4, -0.2) is 4.98 Å². The van der Waals surface area contributed by atoms with E-state index in [1.165, 1.54) is 11.1 Å². The van der Waals surface area contributed by atoms with E-state index < -0.39 is 0 Å². The molecule has 0 N–H and O–H groups in total. The molecule has 2 aromatic carbocycles. The van der Waals surface area contributed by atoms with Gasteiger partial charge in [-0.1, -0.05) is 65.8 Å². The first-order valence-corrected chi connectivity index (χ1v) is 8.44. The highest BCUT2D eigenvalue weighted by Crippen LogP contribution is 2.30. The first-order chi connectivity index (χ1) is 9.81. The van der Waals surface area contributed by atoms with E-state index in [1.54, 1.807) is 23.1 Å². The van der Waals surface area contributed by atoms with Gasteiger partial charge in [-0.3, -0.25) is 0 Å². The Morgan fingerprint density at radius 3 is 2.50 bits per heavy atom. The van der Waals surface area contributed by atoms with Crippen molar-refractivity contribution < 1.29 is 0 Å². The highest BCUT2D eigenvalue weighted by molar-refractivity contribution is 8.00. The van der Waals surface area contributed by atoms with Crippen LogP contribution in [0.5, 0.6) is 0 Å². The van der Waals surface area contributed by atoms with Crippen LogP contribution in [0.15, 0.2) is 64.3 Å². The van der Waals surface area contributed by atoms with Gasteiger partial charge in [-0.05, 0) is 17.7 Å². The summed E-state index contributed by atoms with van der Waals surface area (Å²) in [6.45, 7) is 0. The Hall–Kier alpha value is -1.29. The molecule has 100 valence electrons. The third-order valence-corrected chi connectivity index (χ3v) is 5.17. The van der Waals surface area contributed by atoms with E-state index in [-0.39, 0.29) is 0 Å². The van der Waals surface area contributed by atoms with Gasteiger partial charge in [0.05, 0.1) is 5.69 Å². The lowest BCUT2D eigenvalue weighted by Gasteiger charge is -1.99. The number of thiazole rings is 1. The first-order valence-electron chi connectivity index (χ1n) is 6.19. The fourth-order valence-corrected chi connectivity index (χ4v) is 3.71. The van der Waals surface area contributed by atoms with E-state index in [9.17, 15) is 0 Å². The van der Waals surface area contributed by atoms with Gasteiger partial charge in [-0.15, -0.1) is 11.3 Å². The molecule has 0 aliphatic rings. The monoisotopic (exact) mass is 317 g/mol. The summed E-state index contributed by atoms with van der Waals surface area (Å²) in [7, 11) is 0. The Morgan fingerprint density at radius 1 is 1.00 bits per heavy atom. The third kappa shape index (κ3) is 3.42. The predicted octanol–water partition coefficient (Wildman–Crippen LogP) is 5.76. The Bertz CT molecular complexity index is 677. The molecular formula is C16H12ClNS2. The van der Waals surface area contributed by atoms with Crippen molar-refractivity contribution in [3.05, 3.63) is 70.6 Å². The second kappa shape index (κ2) is 6.44. The zero-order valence-electron chi connectivity index (χ0n) is 10.6. The molecule has 3 rings (SSSR count). The number of halogens is 1. The molecule has 0 saturated heterocycles. The van der Waals surface area contributed by atoms with Gasteiger partial charge in [0.15, 0.2) is 4.34 Å². The Morgan fingerprint density at radius 2 is 1.75 bits per heavy atom. The Kier molecular flexibility index (Phi) is 4.41. The molecule has 1 heterocycles. The summed E-state index contributed by atoms with van der Waals surface area (Å²) < 4.78 is 1.10. The highest BCUT2D eigenvalue weighted by atomic mass is 35.5. The van der Waals surface area contributed by atoms with Gasteiger partial charge in [-0.25, -0.2) is 4.98 Å². The molecule has 4 heteroatoms. The van der Waals surface area contributed by atoms with Crippen molar-refractivity contribution in [3.8, 4) is 11.3 Å². The fourth-order valence-electron chi connectivity index (χ4n) is 1.79. The van der Waals surface area contributed by atoms with E-state index in [0.717, 1.165) is 20.8 Å². The molecule has 1 nitrogen and oxygen atoms in total. The Balaban J connectivity index is 1.67. The summed E-state index contributed by atoms with van der Waals surface area (Å²) >= 11 is 9.33. The summed E-state index contributed by atoms with van der Waals surface area (Å²) in [5.74, 6) is 0.916. The lowest BCUT2D eigenvalue weighted by Crippen LogP contribution is -1.80. The molecule has 0 unspecified atom stereocenters. The van der Waals surface area contributed by atoms with Crippen LogP contribution < -0.4 is 0 Å². The van der Waals surface area contributed by atoms with Gasteiger partial charge >= 0.3 is 0 Å². The number of nitrogens with zero attached hydrogens (tertiary/aromatic N) is 1. The van der Waals surface area contributed by atoms with Crippen LogP contribution in [0.1, 0.15) is 5.56 Å². The van der Waals surface area contributed by atoms with E-state index in [1.807, 2.05) is 30.3 Å². The molecule has 0 radical (unpaired) electrons. The summed E-state index contributed by atoms with van der Waals surface area (Å²) in [5.41, 5.74) is 3.48. The van der Waals surface area contributed by atoms with E-state index in [4.69, 9.17) is 11.6 Å². The van der Waals surface area contributed by atoms with Gasteiger partial charge in [0.1, 0.15) is 0 Å². The Labute approximate surface area is 131 Å². The lowest BCUT2D eigenvalue weighted by molar-refractivity contribution is 1.24. The van der Waals surface area contributed by atoms with Crippen molar-refractivity contribution >= 4 is 34.7 Å². The standard InChI is InChI=1S/C16H12ClNS2/c17-14-8-6-12(7-9-14)10-19-16-18-15(11-20-16)13-4-2-1-3-5-13/h1-9,11H,10H2. The van der Waals surface area contributed by atoms with Gasteiger partial charge < -0.3 is 0 Å². The van der Waals surface area contributed by atoms with Crippen molar-refractivity contribution in [1.29, 1.82) is 0 Å². The molecule has 0 spiro atoms. The minimum absolute atomic E-state index is 0.777. The summed E-state index contributed by atoms with van der Waals surface area (Å²) in [6.07, 6.45) is 0. The van der Waals surface area contributed by atoms with Gasteiger partial charge in [-0.2, -0.15) is 0 Å². The normalized spacial score (nSPS) is 10.7.